The van der Waals surface area contributed by atoms with Gasteiger partial charge in [-0.1, -0.05) is 0 Å². The number of aliphatic hydroxyl groups is 1. The van der Waals surface area contributed by atoms with Crippen LogP contribution in [0, 0.1) is 0 Å². The Bertz CT molecular complexity index is 387. The van der Waals surface area contributed by atoms with Crippen LogP contribution in [0.2, 0.25) is 0 Å². The molecular weight excluding hydrogens is 262 g/mol. The third kappa shape index (κ3) is 3.89. The topological polar surface area (TPSA) is 57.6 Å². The standard InChI is InChI=1S/C13H23N3O2S/c1-3-16(4-2)12-15-8-11(19-12)7-14-9-13(17)5-6-18-10-13/h8,14,17H,3-7,9-10H2,1-2H3. The number of hydrogen-bond acceptors (Lipinski definition) is 6. The number of thiazole rings is 1. The fourth-order valence-corrected chi connectivity index (χ4v) is 3.18. The molecule has 0 radical (unpaired) electrons. The fourth-order valence-electron chi connectivity index (χ4n) is 2.17. The van der Waals surface area contributed by atoms with Gasteiger partial charge in [0.2, 0.25) is 0 Å². The molecule has 0 saturated carbocycles. The van der Waals surface area contributed by atoms with E-state index in [2.05, 4.69) is 29.0 Å². The molecule has 1 fully saturated rings. The van der Waals surface area contributed by atoms with Crippen LogP contribution in [0.25, 0.3) is 0 Å². The number of anilines is 1. The molecule has 2 rings (SSSR count). The molecule has 19 heavy (non-hydrogen) atoms. The molecule has 108 valence electrons. The minimum Gasteiger partial charge on any atom is -0.386 e. The van der Waals surface area contributed by atoms with Gasteiger partial charge in [0.15, 0.2) is 5.13 Å². The Morgan fingerprint density at radius 3 is 2.95 bits per heavy atom. The third-order valence-corrected chi connectivity index (χ3v) is 4.47. The van der Waals surface area contributed by atoms with E-state index in [1.807, 2.05) is 6.20 Å². The van der Waals surface area contributed by atoms with Gasteiger partial charge in [-0.05, 0) is 13.8 Å². The molecule has 0 bridgehead atoms. The Hall–Kier alpha value is -0.690. The minimum absolute atomic E-state index is 0.438. The van der Waals surface area contributed by atoms with Crippen molar-refractivity contribution in [1.29, 1.82) is 0 Å². The second-order valence-electron chi connectivity index (χ2n) is 4.91. The van der Waals surface area contributed by atoms with Crippen molar-refractivity contribution in [2.75, 3.05) is 37.7 Å². The maximum Gasteiger partial charge on any atom is 0.185 e. The summed E-state index contributed by atoms with van der Waals surface area (Å²) in [5, 5.41) is 14.5. The van der Waals surface area contributed by atoms with Gasteiger partial charge in [-0.25, -0.2) is 4.98 Å². The molecule has 1 aliphatic rings. The van der Waals surface area contributed by atoms with E-state index >= 15 is 0 Å². The Kier molecular flexibility index (Phi) is 5.15. The highest BCUT2D eigenvalue weighted by atomic mass is 32.1. The van der Waals surface area contributed by atoms with Crippen molar-refractivity contribution >= 4 is 16.5 Å². The van der Waals surface area contributed by atoms with Gasteiger partial charge in [0.1, 0.15) is 5.60 Å². The Labute approximate surface area is 118 Å². The lowest BCUT2D eigenvalue weighted by Crippen LogP contribution is -2.40. The summed E-state index contributed by atoms with van der Waals surface area (Å²) in [5.74, 6) is 0. The lowest BCUT2D eigenvalue weighted by atomic mass is 10.0. The van der Waals surface area contributed by atoms with Crippen molar-refractivity contribution in [3.63, 3.8) is 0 Å². The lowest BCUT2D eigenvalue weighted by molar-refractivity contribution is 0.0269. The van der Waals surface area contributed by atoms with Gasteiger partial charge in [0, 0.05) is 50.3 Å². The van der Waals surface area contributed by atoms with Gasteiger partial charge in [0.25, 0.3) is 0 Å². The van der Waals surface area contributed by atoms with Crippen molar-refractivity contribution in [2.24, 2.45) is 0 Å². The van der Waals surface area contributed by atoms with E-state index in [-0.39, 0.29) is 0 Å². The van der Waals surface area contributed by atoms with E-state index in [1.54, 1.807) is 11.3 Å². The Balaban J connectivity index is 1.80. The SMILES string of the molecule is CCN(CC)c1ncc(CNCC2(O)CCOC2)s1. The molecule has 0 aliphatic carbocycles. The van der Waals surface area contributed by atoms with Crippen LogP contribution in [0.1, 0.15) is 25.1 Å². The smallest absolute Gasteiger partial charge is 0.185 e. The second-order valence-corrected chi connectivity index (χ2v) is 6.01. The van der Waals surface area contributed by atoms with Gasteiger partial charge >= 0.3 is 0 Å². The van der Waals surface area contributed by atoms with Gasteiger partial charge in [-0.3, -0.25) is 0 Å². The minimum atomic E-state index is -0.688. The Morgan fingerprint density at radius 2 is 2.32 bits per heavy atom. The molecule has 2 N–H and O–H groups in total. The molecule has 2 heterocycles. The quantitative estimate of drug-likeness (QED) is 0.789. The summed E-state index contributed by atoms with van der Waals surface area (Å²) < 4.78 is 5.22. The number of hydrogen-bond donors (Lipinski definition) is 2. The maximum atomic E-state index is 10.1. The largest absolute Gasteiger partial charge is 0.386 e. The molecule has 5 nitrogen and oxygen atoms in total. The molecule has 1 aromatic heterocycles. The summed E-state index contributed by atoms with van der Waals surface area (Å²) >= 11 is 1.71. The normalized spacial score (nSPS) is 22.9. The summed E-state index contributed by atoms with van der Waals surface area (Å²) in [6.45, 7) is 8.66. The average Bonchev–Trinajstić information content (AvgIpc) is 3.01. The van der Waals surface area contributed by atoms with Crippen LogP contribution in [-0.2, 0) is 11.3 Å². The van der Waals surface area contributed by atoms with Crippen LogP contribution >= 0.6 is 11.3 Å². The predicted molar refractivity (Wildman–Crippen MR) is 77.8 cm³/mol. The van der Waals surface area contributed by atoms with Crippen LogP contribution in [0.15, 0.2) is 6.20 Å². The van der Waals surface area contributed by atoms with E-state index in [1.165, 1.54) is 4.88 Å². The number of ether oxygens (including phenoxy) is 1. The zero-order valence-corrected chi connectivity index (χ0v) is 12.5. The molecule has 0 spiro atoms. The van der Waals surface area contributed by atoms with E-state index in [0.717, 1.165) is 24.8 Å². The van der Waals surface area contributed by atoms with E-state index in [9.17, 15) is 5.11 Å². The van der Waals surface area contributed by atoms with E-state index in [0.29, 0.717) is 26.2 Å². The van der Waals surface area contributed by atoms with Gasteiger partial charge in [0.05, 0.1) is 6.61 Å². The molecule has 1 atom stereocenters. The van der Waals surface area contributed by atoms with Crippen LogP contribution in [-0.4, -0.2) is 48.5 Å². The van der Waals surface area contributed by atoms with Crippen LogP contribution < -0.4 is 10.2 Å². The molecule has 1 unspecified atom stereocenters. The maximum absolute atomic E-state index is 10.1. The van der Waals surface area contributed by atoms with Crippen molar-refractivity contribution in [3.05, 3.63) is 11.1 Å². The Morgan fingerprint density at radius 1 is 1.53 bits per heavy atom. The molecule has 0 aromatic carbocycles. The van der Waals surface area contributed by atoms with Crippen molar-refractivity contribution in [1.82, 2.24) is 10.3 Å². The molecule has 1 aromatic rings. The summed E-state index contributed by atoms with van der Waals surface area (Å²) in [7, 11) is 0. The molecule has 1 saturated heterocycles. The zero-order chi connectivity index (χ0) is 13.7. The average molecular weight is 285 g/mol. The third-order valence-electron chi connectivity index (χ3n) is 3.41. The first-order valence-electron chi connectivity index (χ1n) is 6.87. The van der Waals surface area contributed by atoms with E-state index in [4.69, 9.17) is 4.74 Å². The number of nitrogens with one attached hydrogen (secondary N) is 1. The highest BCUT2D eigenvalue weighted by Gasteiger charge is 2.31. The summed E-state index contributed by atoms with van der Waals surface area (Å²) in [6, 6.07) is 0. The van der Waals surface area contributed by atoms with E-state index < -0.39 is 5.60 Å². The van der Waals surface area contributed by atoms with Crippen molar-refractivity contribution < 1.29 is 9.84 Å². The van der Waals surface area contributed by atoms with Gasteiger partial charge < -0.3 is 20.1 Å². The zero-order valence-electron chi connectivity index (χ0n) is 11.7. The first kappa shape index (κ1) is 14.7. The van der Waals surface area contributed by atoms with Gasteiger partial charge in [-0.2, -0.15) is 0 Å². The highest BCUT2D eigenvalue weighted by molar-refractivity contribution is 7.15. The number of nitrogens with zero attached hydrogens (tertiary/aromatic N) is 2. The summed E-state index contributed by atoms with van der Waals surface area (Å²) in [6.07, 6.45) is 2.63. The molecular formula is C13H23N3O2S. The lowest BCUT2D eigenvalue weighted by Gasteiger charge is -2.20. The second kappa shape index (κ2) is 6.65. The van der Waals surface area contributed by atoms with Crippen molar-refractivity contribution in [2.45, 2.75) is 32.4 Å². The van der Waals surface area contributed by atoms with Gasteiger partial charge in [-0.15, -0.1) is 11.3 Å². The molecule has 6 heteroatoms. The van der Waals surface area contributed by atoms with Crippen molar-refractivity contribution in [3.8, 4) is 0 Å². The molecule has 1 aliphatic heterocycles. The fraction of sp³-hybridized carbons (Fsp3) is 0.769. The van der Waals surface area contributed by atoms with Crippen LogP contribution in [0.5, 0.6) is 0 Å². The first-order chi connectivity index (χ1) is 9.17. The van der Waals surface area contributed by atoms with Crippen LogP contribution in [0.4, 0.5) is 5.13 Å². The first-order valence-corrected chi connectivity index (χ1v) is 7.69. The molecule has 0 amide bonds. The number of rotatable bonds is 7. The summed E-state index contributed by atoms with van der Waals surface area (Å²) in [4.78, 5) is 7.88. The highest BCUT2D eigenvalue weighted by Crippen LogP contribution is 2.22. The predicted octanol–water partition coefficient (Wildman–Crippen LogP) is 1.23. The summed E-state index contributed by atoms with van der Waals surface area (Å²) in [5.41, 5.74) is -0.688. The van der Waals surface area contributed by atoms with Crippen LogP contribution in [0.3, 0.4) is 0 Å². The number of aromatic nitrogens is 1. The monoisotopic (exact) mass is 285 g/mol.